The molecule has 26 heavy (non-hydrogen) atoms. The maximum absolute atomic E-state index is 12.4. The van der Waals surface area contributed by atoms with Gasteiger partial charge in [-0.25, -0.2) is 9.97 Å². The molecule has 1 aromatic heterocycles. The zero-order chi connectivity index (χ0) is 18.5. The van der Waals surface area contributed by atoms with E-state index in [4.69, 9.17) is 11.5 Å². The van der Waals surface area contributed by atoms with Crippen LogP contribution >= 0.6 is 11.8 Å². The lowest BCUT2D eigenvalue weighted by molar-refractivity contribution is -0.115. The number of aromatic nitrogens is 2. The summed E-state index contributed by atoms with van der Waals surface area (Å²) >= 11 is 1.22. The fourth-order valence-corrected chi connectivity index (χ4v) is 3.68. The Labute approximate surface area is 157 Å². The average Bonchev–Trinajstić information content (AvgIpc) is 2.62. The first kappa shape index (κ1) is 18.3. The van der Waals surface area contributed by atoms with Gasteiger partial charge in [0.25, 0.3) is 0 Å². The number of hydrogen-bond acceptors (Lipinski definition) is 7. The molecule has 0 bridgehead atoms. The SMILES string of the molecule is C[C@H](Sc1nc(N)cc(N)n1)C(=O)Nc1ccc(N2CCCCC2)cc1. The van der Waals surface area contributed by atoms with E-state index in [1.807, 2.05) is 12.1 Å². The van der Waals surface area contributed by atoms with E-state index in [-0.39, 0.29) is 11.2 Å². The summed E-state index contributed by atoms with van der Waals surface area (Å²) in [7, 11) is 0. The molecule has 1 fully saturated rings. The molecule has 1 aliphatic heterocycles. The number of carbonyl (C=O) groups is 1. The van der Waals surface area contributed by atoms with Crippen molar-refractivity contribution in [2.75, 3.05) is 34.8 Å². The van der Waals surface area contributed by atoms with E-state index in [2.05, 4.69) is 32.3 Å². The number of rotatable bonds is 5. The van der Waals surface area contributed by atoms with Crippen LogP contribution in [-0.4, -0.2) is 34.2 Å². The summed E-state index contributed by atoms with van der Waals surface area (Å²) in [4.78, 5) is 23.0. The van der Waals surface area contributed by atoms with E-state index in [9.17, 15) is 4.79 Å². The minimum atomic E-state index is -0.377. The second-order valence-corrected chi connectivity index (χ2v) is 7.65. The predicted molar refractivity (Wildman–Crippen MR) is 107 cm³/mol. The van der Waals surface area contributed by atoms with E-state index in [1.165, 1.54) is 42.8 Å². The molecule has 1 saturated heterocycles. The van der Waals surface area contributed by atoms with Crippen molar-refractivity contribution in [2.24, 2.45) is 0 Å². The second-order valence-electron chi connectivity index (χ2n) is 6.34. The highest BCUT2D eigenvalue weighted by molar-refractivity contribution is 8.00. The Hall–Kier alpha value is -2.48. The van der Waals surface area contributed by atoms with Gasteiger partial charge in [0.15, 0.2) is 5.16 Å². The number of nitrogens with zero attached hydrogens (tertiary/aromatic N) is 3. The first-order chi connectivity index (χ1) is 12.5. The van der Waals surface area contributed by atoms with Crippen LogP contribution in [0.15, 0.2) is 35.5 Å². The molecule has 7 nitrogen and oxygen atoms in total. The third-order valence-electron chi connectivity index (χ3n) is 4.25. The van der Waals surface area contributed by atoms with Crippen LogP contribution < -0.4 is 21.7 Å². The number of nitrogens with two attached hydrogens (primary N) is 2. The molecular formula is C18H24N6OS. The van der Waals surface area contributed by atoms with Gasteiger partial charge in [0, 0.05) is 30.5 Å². The molecule has 0 radical (unpaired) electrons. The first-order valence-electron chi connectivity index (χ1n) is 8.74. The van der Waals surface area contributed by atoms with E-state index >= 15 is 0 Å². The van der Waals surface area contributed by atoms with Crippen LogP contribution in [0.25, 0.3) is 0 Å². The van der Waals surface area contributed by atoms with Crippen LogP contribution in [0.1, 0.15) is 26.2 Å². The molecule has 3 rings (SSSR count). The van der Waals surface area contributed by atoms with Gasteiger partial charge in [0.2, 0.25) is 5.91 Å². The summed E-state index contributed by atoms with van der Waals surface area (Å²) in [5, 5.41) is 2.94. The molecule has 1 aliphatic rings. The quantitative estimate of drug-likeness (QED) is 0.547. The van der Waals surface area contributed by atoms with Crippen molar-refractivity contribution in [3.63, 3.8) is 0 Å². The Bertz CT molecular complexity index is 741. The molecule has 2 heterocycles. The molecule has 0 saturated carbocycles. The van der Waals surface area contributed by atoms with Gasteiger partial charge in [0.05, 0.1) is 5.25 Å². The third kappa shape index (κ3) is 4.78. The number of nitrogens with one attached hydrogen (secondary N) is 1. The van der Waals surface area contributed by atoms with Crippen LogP contribution in [0, 0.1) is 0 Å². The van der Waals surface area contributed by atoms with E-state index in [0.29, 0.717) is 16.8 Å². The predicted octanol–water partition coefficient (Wildman–Crippen LogP) is 2.75. The number of hydrogen-bond donors (Lipinski definition) is 3. The van der Waals surface area contributed by atoms with E-state index < -0.39 is 0 Å². The lowest BCUT2D eigenvalue weighted by Gasteiger charge is -2.28. The maximum atomic E-state index is 12.4. The number of nitrogen functional groups attached to an aromatic ring is 2. The summed E-state index contributed by atoms with van der Waals surface area (Å²) in [5.74, 6) is 0.465. The molecule has 1 amide bonds. The molecular weight excluding hydrogens is 348 g/mol. The first-order valence-corrected chi connectivity index (χ1v) is 9.62. The topological polar surface area (TPSA) is 110 Å². The third-order valence-corrected chi connectivity index (χ3v) is 5.21. The highest BCUT2D eigenvalue weighted by atomic mass is 32.2. The molecule has 5 N–H and O–H groups in total. The average molecular weight is 372 g/mol. The number of benzene rings is 1. The Morgan fingerprint density at radius 3 is 2.35 bits per heavy atom. The Kier molecular flexibility index (Phi) is 5.82. The molecule has 0 aliphatic carbocycles. The Balaban J connectivity index is 1.58. The van der Waals surface area contributed by atoms with Gasteiger partial charge < -0.3 is 21.7 Å². The summed E-state index contributed by atoms with van der Waals surface area (Å²) < 4.78 is 0. The highest BCUT2D eigenvalue weighted by Gasteiger charge is 2.17. The van der Waals surface area contributed by atoms with E-state index in [0.717, 1.165) is 18.8 Å². The van der Waals surface area contributed by atoms with Crippen molar-refractivity contribution in [1.82, 2.24) is 9.97 Å². The normalized spacial score (nSPS) is 15.5. The molecule has 1 aromatic carbocycles. The van der Waals surface area contributed by atoms with Gasteiger partial charge in [-0.15, -0.1) is 0 Å². The van der Waals surface area contributed by atoms with Gasteiger partial charge in [-0.05, 0) is 50.5 Å². The van der Waals surface area contributed by atoms with Crippen LogP contribution in [0.3, 0.4) is 0 Å². The molecule has 138 valence electrons. The Morgan fingerprint density at radius 2 is 1.73 bits per heavy atom. The lowest BCUT2D eigenvalue weighted by atomic mass is 10.1. The second kappa shape index (κ2) is 8.27. The highest BCUT2D eigenvalue weighted by Crippen LogP contribution is 2.24. The molecule has 2 aromatic rings. The van der Waals surface area contributed by atoms with Crippen molar-refractivity contribution in [2.45, 2.75) is 36.6 Å². The van der Waals surface area contributed by atoms with E-state index in [1.54, 1.807) is 6.92 Å². The molecule has 0 unspecified atom stereocenters. The number of thioether (sulfide) groups is 1. The van der Waals surface area contributed by atoms with Crippen molar-refractivity contribution >= 4 is 40.7 Å². The summed E-state index contributed by atoms with van der Waals surface area (Å²) in [6, 6.07) is 9.47. The summed E-state index contributed by atoms with van der Waals surface area (Å²) in [6.07, 6.45) is 3.79. The summed E-state index contributed by atoms with van der Waals surface area (Å²) in [5.41, 5.74) is 13.3. The largest absolute Gasteiger partial charge is 0.383 e. The van der Waals surface area contributed by atoms with Crippen molar-refractivity contribution in [3.05, 3.63) is 30.3 Å². The number of carbonyl (C=O) groups excluding carboxylic acids is 1. The number of amides is 1. The van der Waals surface area contributed by atoms with Crippen LogP contribution in [0.2, 0.25) is 0 Å². The van der Waals surface area contributed by atoms with Gasteiger partial charge >= 0.3 is 0 Å². The van der Waals surface area contributed by atoms with Gasteiger partial charge in [0.1, 0.15) is 11.6 Å². The monoisotopic (exact) mass is 372 g/mol. The zero-order valence-corrected chi connectivity index (χ0v) is 15.6. The van der Waals surface area contributed by atoms with Crippen molar-refractivity contribution < 1.29 is 4.79 Å². The maximum Gasteiger partial charge on any atom is 0.237 e. The fraction of sp³-hybridized carbons (Fsp3) is 0.389. The number of piperidine rings is 1. The van der Waals surface area contributed by atoms with Crippen LogP contribution in [0.4, 0.5) is 23.0 Å². The number of anilines is 4. The zero-order valence-electron chi connectivity index (χ0n) is 14.8. The minimum Gasteiger partial charge on any atom is -0.383 e. The van der Waals surface area contributed by atoms with Crippen LogP contribution in [-0.2, 0) is 4.79 Å². The summed E-state index contributed by atoms with van der Waals surface area (Å²) in [6.45, 7) is 4.00. The van der Waals surface area contributed by atoms with Crippen LogP contribution in [0.5, 0.6) is 0 Å². The smallest absolute Gasteiger partial charge is 0.237 e. The van der Waals surface area contributed by atoms with Crippen molar-refractivity contribution in [1.29, 1.82) is 0 Å². The molecule has 8 heteroatoms. The van der Waals surface area contributed by atoms with Gasteiger partial charge in [-0.2, -0.15) is 0 Å². The van der Waals surface area contributed by atoms with Gasteiger partial charge in [-0.3, -0.25) is 4.79 Å². The molecule has 1 atom stereocenters. The fourth-order valence-electron chi connectivity index (χ4n) is 2.88. The van der Waals surface area contributed by atoms with Gasteiger partial charge in [-0.1, -0.05) is 11.8 Å². The standard InChI is InChI=1S/C18H24N6OS/c1-12(26-18-22-15(19)11-16(20)23-18)17(25)21-13-5-7-14(8-6-13)24-9-3-2-4-10-24/h5-8,11-12H,2-4,9-10H2,1H3,(H,21,25)(H4,19,20,22,23)/t12-/m0/s1. The van der Waals surface area contributed by atoms with Crippen molar-refractivity contribution in [3.8, 4) is 0 Å². The lowest BCUT2D eigenvalue weighted by Crippen LogP contribution is -2.29. The Morgan fingerprint density at radius 1 is 1.12 bits per heavy atom. The minimum absolute atomic E-state index is 0.120. The molecule has 0 spiro atoms.